The molecule has 1 aromatic carbocycles. The highest BCUT2D eigenvalue weighted by atomic mass is 16.1. The molecule has 3 nitrogen and oxygen atoms in total. The van der Waals surface area contributed by atoms with Crippen molar-refractivity contribution in [2.75, 3.05) is 0 Å². The summed E-state index contributed by atoms with van der Waals surface area (Å²) in [5.74, 6) is -0.00639. The number of carbonyl (C=O) groups is 1. The second-order valence-electron chi connectivity index (χ2n) is 3.13. The van der Waals surface area contributed by atoms with Crippen LogP contribution in [0.5, 0.6) is 0 Å². The molecule has 0 atom stereocenters. The molecule has 3 heteroatoms. The van der Waals surface area contributed by atoms with Crippen LogP contribution in [-0.4, -0.2) is 15.5 Å². The highest BCUT2D eigenvalue weighted by molar-refractivity contribution is 5.89. The molecule has 2 rings (SSSR count). The fourth-order valence-electron chi connectivity index (χ4n) is 1.37. The molecule has 0 N–H and O–H groups in total. The summed E-state index contributed by atoms with van der Waals surface area (Å²) in [5, 5.41) is 0. The van der Waals surface area contributed by atoms with Gasteiger partial charge in [-0.25, -0.2) is 4.98 Å². The summed E-state index contributed by atoms with van der Waals surface area (Å²) in [4.78, 5) is 15.3. The van der Waals surface area contributed by atoms with Gasteiger partial charge in [-0.1, -0.05) is 6.07 Å². The molecule has 13 heavy (non-hydrogen) atoms. The largest absolute Gasteiger partial charge is 0.274 e. The molecule has 0 spiro atoms. The van der Waals surface area contributed by atoms with Crippen molar-refractivity contribution in [2.45, 2.75) is 13.8 Å². The Labute approximate surface area is 76.0 Å². The number of hydrogen-bond acceptors (Lipinski definition) is 2. The van der Waals surface area contributed by atoms with Gasteiger partial charge in [0.1, 0.15) is 6.33 Å². The minimum absolute atomic E-state index is 0.00639. The predicted octanol–water partition coefficient (Wildman–Crippen LogP) is 2.00. The number of hydrogen-bond donors (Lipinski definition) is 0. The van der Waals surface area contributed by atoms with E-state index in [-0.39, 0.29) is 5.91 Å². The Balaban J connectivity index is 2.79. The highest BCUT2D eigenvalue weighted by Crippen LogP contribution is 2.13. The second-order valence-corrected chi connectivity index (χ2v) is 3.13. The average molecular weight is 174 g/mol. The quantitative estimate of drug-likeness (QED) is 0.612. The SMILES string of the molecule is CC(=O)n1cnc2ccc(C)cc21. The van der Waals surface area contributed by atoms with Gasteiger partial charge in [-0.15, -0.1) is 0 Å². The van der Waals surface area contributed by atoms with Gasteiger partial charge in [0.2, 0.25) is 5.91 Å². The summed E-state index contributed by atoms with van der Waals surface area (Å²) in [6.45, 7) is 3.53. The van der Waals surface area contributed by atoms with Gasteiger partial charge < -0.3 is 0 Å². The Hall–Kier alpha value is -1.64. The Bertz CT molecular complexity index is 471. The average Bonchev–Trinajstić information content (AvgIpc) is 2.46. The number of carbonyl (C=O) groups excluding carboxylic acids is 1. The number of benzene rings is 1. The first-order valence-corrected chi connectivity index (χ1v) is 4.13. The van der Waals surface area contributed by atoms with E-state index in [1.165, 1.54) is 6.92 Å². The predicted molar refractivity (Wildman–Crippen MR) is 50.8 cm³/mol. The van der Waals surface area contributed by atoms with E-state index in [0.717, 1.165) is 16.6 Å². The minimum Gasteiger partial charge on any atom is -0.274 e. The van der Waals surface area contributed by atoms with Crippen molar-refractivity contribution in [1.82, 2.24) is 9.55 Å². The van der Waals surface area contributed by atoms with Crippen molar-refractivity contribution < 1.29 is 4.79 Å². The van der Waals surface area contributed by atoms with Gasteiger partial charge in [0, 0.05) is 6.92 Å². The normalized spacial score (nSPS) is 10.6. The van der Waals surface area contributed by atoms with E-state index in [9.17, 15) is 4.79 Å². The van der Waals surface area contributed by atoms with Crippen molar-refractivity contribution in [1.29, 1.82) is 0 Å². The van der Waals surface area contributed by atoms with Gasteiger partial charge >= 0.3 is 0 Å². The van der Waals surface area contributed by atoms with E-state index in [0.29, 0.717) is 0 Å². The summed E-state index contributed by atoms with van der Waals surface area (Å²) in [6, 6.07) is 5.87. The molecule has 1 aromatic heterocycles. The van der Waals surface area contributed by atoms with E-state index < -0.39 is 0 Å². The Kier molecular flexibility index (Phi) is 1.65. The van der Waals surface area contributed by atoms with Gasteiger partial charge in [0.15, 0.2) is 0 Å². The third kappa shape index (κ3) is 1.22. The number of nitrogens with zero attached hydrogens (tertiary/aromatic N) is 2. The van der Waals surface area contributed by atoms with Crippen LogP contribution in [0.1, 0.15) is 17.3 Å². The van der Waals surface area contributed by atoms with Crippen LogP contribution in [0.2, 0.25) is 0 Å². The van der Waals surface area contributed by atoms with Gasteiger partial charge in [0.05, 0.1) is 11.0 Å². The molecule has 0 amide bonds. The molecule has 66 valence electrons. The Morgan fingerprint density at radius 3 is 2.92 bits per heavy atom. The lowest BCUT2D eigenvalue weighted by Crippen LogP contribution is -2.02. The van der Waals surface area contributed by atoms with Crippen LogP contribution in [0.25, 0.3) is 11.0 Å². The molecule has 0 aliphatic carbocycles. The fraction of sp³-hybridized carbons (Fsp3) is 0.200. The van der Waals surface area contributed by atoms with Gasteiger partial charge in [0.25, 0.3) is 0 Å². The van der Waals surface area contributed by atoms with E-state index >= 15 is 0 Å². The summed E-state index contributed by atoms with van der Waals surface area (Å²) < 4.78 is 1.56. The monoisotopic (exact) mass is 174 g/mol. The topological polar surface area (TPSA) is 34.9 Å². The third-order valence-electron chi connectivity index (χ3n) is 2.04. The zero-order chi connectivity index (χ0) is 9.42. The molecule has 0 saturated carbocycles. The maximum absolute atomic E-state index is 11.2. The Morgan fingerprint density at radius 1 is 1.46 bits per heavy atom. The van der Waals surface area contributed by atoms with Crippen LogP contribution in [0.3, 0.4) is 0 Å². The van der Waals surface area contributed by atoms with E-state index in [1.54, 1.807) is 10.9 Å². The summed E-state index contributed by atoms with van der Waals surface area (Å²) in [5.41, 5.74) is 2.88. The first-order chi connectivity index (χ1) is 6.18. The van der Waals surface area contributed by atoms with Crippen molar-refractivity contribution >= 4 is 16.9 Å². The maximum Gasteiger partial charge on any atom is 0.229 e. The van der Waals surface area contributed by atoms with Crippen LogP contribution in [-0.2, 0) is 0 Å². The molecule has 1 heterocycles. The standard InChI is InChI=1S/C10H10N2O/c1-7-3-4-9-10(5-7)12(6-11-9)8(2)13/h3-6H,1-2H3. The van der Waals surface area contributed by atoms with Crippen LogP contribution in [0.15, 0.2) is 24.5 Å². The second kappa shape index (κ2) is 2.69. The number of fused-ring (bicyclic) bond motifs is 1. The maximum atomic E-state index is 11.2. The van der Waals surface area contributed by atoms with E-state index in [1.807, 2.05) is 25.1 Å². The van der Waals surface area contributed by atoms with E-state index in [4.69, 9.17) is 0 Å². The van der Waals surface area contributed by atoms with Gasteiger partial charge in [-0.05, 0) is 24.6 Å². The molecule has 0 radical (unpaired) electrons. The number of rotatable bonds is 0. The fourth-order valence-corrected chi connectivity index (χ4v) is 1.37. The van der Waals surface area contributed by atoms with Gasteiger partial charge in [-0.3, -0.25) is 9.36 Å². The minimum atomic E-state index is -0.00639. The molecule has 0 bridgehead atoms. The molecule has 0 saturated heterocycles. The van der Waals surface area contributed by atoms with Crippen molar-refractivity contribution in [2.24, 2.45) is 0 Å². The van der Waals surface area contributed by atoms with Crippen LogP contribution < -0.4 is 0 Å². The summed E-state index contributed by atoms with van der Waals surface area (Å²) in [6.07, 6.45) is 1.56. The van der Waals surface area contributed by atoms with Crippen molar-refractivity contribution in [3.8, 4) is 0 Å². The summed E-state index contributed by atoms with van der Waals surface area (Å²) >= 11 is 0. The van der Waals surface area contributed by atoms with Gasteiger partial charge in [-0.2, -0.15) is 0 Å². The number of aryl methyl sites for hydroxylation is 1. The number of imidazole rings is 1. The van der Waals surface area contributed by atoms with Crippen molar-refractivity contribution in [3.05, 3.63) is 30.1 Å². The first kappa shape index (κ1) is 7.98. The van der Waals surface area contributed by atoms with Crippen LogP contribution >= 0.6 is 0 Å². The molecular formula is C10H10N2O. The zero-order valence-electron chi connectivity index (χ0n) is 7.61. The lowest BCUT2D eigenvalue weighted by atomic mass is 10.2. The number of aromatic nitrogens is 2. The third-order valence-corrected chi connectivity index (χ3v) is 2.04. The molecule has 2 aromatic rings. The highest BCUT2D eigenvalue weighted by Gasteiger charge is 2.04. The lowest BCUT2D eigenvalue weighted by Gasteiger charge is -1.97. The van der Waals surface area contributed by atoms with E-state index in [2.05, 4.69) is 4.98 Å². The molecule has 0 aliphatic heterocycles. The summed E-state index contributed by atoms with van der Waals surface area (Å²) in [7, 11) is 0. The molecular weight excluding hydrogens is 164 g/mol. The molecule has 0 unspecified atom stereocenters. The smallest absolute Gasteiger partial charge is 0.229 e. The molecule has 0 fully saturated rings. The van der Waals surface area contributed by atoms with Crippen LogP contribution in [0.4, 0.5) is 0 Å². The van der Waals surface area contributed by atoms with Crippen LogP contribution in [0, 0.1) is 6.92 Å². The Morgan fingerprint density at radius 2 is 2.23 bits per heavy atom. The van der Waals surface area contributed by atoms with Crippen molar-refractivity contribution in [3.63, 3.8) is 0 Å². The lowest BCUT2D eigenvalue weighted by molar-refractivity contribution is 0.0941. The first-order valence-electron chi connectivity index (χ1n) is 4.13. The molecule has 0 aliphatic rings. The zero-order valence-corrected chi connectivity index (χ0v) is 7.61.